The molecule has 3 aromatic rings. The lowest BCUT2D eigenvalue weighted by Crippen LogP contribution is -2.14. The third kappa shape index (κ3) is 3.75. The Hall–Kier alpha value is -3.94. The second kappa shape index (κ2) is 7.31. The highest BCUT2D eigenvalue weighted by atomic mass is 16.6. The molecule has 1 aromatic heterocycles. The first-order chi connectivity index (χ1) is 12.5. The first-order valence-corrected chi connectivity index (χ1v) is 7.54. The summed E-state index contributed by atoms with van der Waals surface area (Å²) in [4.78, 5) is 34.5. The molecule has 0 aliphatic rings. The highest BCUT2D eigenvalue weighted by Gasteiger charge is 2.19. The van der Waals surface area contributed by atoms with Crippen molar-refractivity contribution in [2.75, 3.05) is 10.6 Å². The van der Waals surface area contributed by atoms with Gasteiger partial charge in [0.15, 0.2) is 5.76 Å². The number of rotatable bonds is 5. The summed E-state index contributed by atoms with van der Waals surface area (Å²) in [6, 6.07) is 15.2. The van der Waals surface area contributed by atoms with Gasteiger partial charge in [0.05, 0.1) is 11.2 Å². The fourth-order valence-corrected chi connectivity index (χ4v) is 2.26. The van der Waals surface area contributed by atoms with Gasteiger partial charge in [0.1, 0.15) is 5.56 Å². The normalized spacial score (nSPS) is 10.2. The molecule has 0 unspecified atom stereocenters. The highest BCUT2D eigenvalue weighted by molar-refractivity contribution is 6.07. The fraction of sp³-hybridized carbons (Fsp3) is 0. The van der Waals surface area contributed by atoms with E-state index >= 15 is 0 Å². The van der Waals surface area contributed by atoms with E-state index in [0.717, 1.165) is 0 Å². The Labute approximate surface area is 147 Å². The molecular formula is C18H13N3O5. The van der Waals surface area contributed by atoms with Gasteiger partial charge in [-0.15, -0.1) is 0 Å². The van der Waals surface area contributed by atoms with E-state index in [0.29, 0.717) is 11.4 Å². The van der Waals surface area contributed by atoms with E-state index in [9.17, 15) is 19.7 Å². The van der Waals surface area contributed by atoms with Crippen molar-refractivity contribution in [3.8, 4) is 0 Å². The minimum atomic E-state index is -0.609. The SMILES string of the molecule is O=C(Nc1ccc(NC(=O)c2ccccc2[N+](=O)[O-])cc1)c1ccco1. The van der Waals surface area contributed by atoms with Crippen molar-refractivity contribution in [1.29, 1.82) is 0 Å². The number of furan rings is 1. The number of carbonyl (C=O) groups excluding carboxylic acids is 2. The Bertz CT molecular complexity index is 949. The van der Waals surface area contributed by atoms with Crippen LogP contribution in [0.15, 0.2) is 71.3 Å². The van der Waals surface area contributed by atoms with Crippen molar-refractivity contribution in [2.24, 2.45) is 0 Å². The molecule has 0 aliphatic heterocycles. The van der Waals surface area contributed by atoms with E-state index < -0.39 is 16.7 Å². The maximum Gasteiger partial charge on any atom is 0.291 e. The van der Waals surface area contributed by atoms with Crippen LogP contribution in [0.4, 0.5) is 17.1 Å². The standard InChI is InChI=1S/C18H13N3O5/c22-17(14-4-1-2-5-15(14)21(24)25)19-12-7-9-13(10-8-12)20-18(23)16-6-3-11-26-16/h1-11H,(H,19,22)(H,20,23). The number of nitro benzene ring substituents is 1. The van der Waals surface area contributed by atoms with Gasteiger partial charge in [-0.25, -0.2) is 0 Å². The molecule has 8 heteroatoms. The van der Waals surface area contributed by atoms with Crippen molar-refractivity contribution in [1.82, 2.24) is 0 Å². The molecule has 0 fully saturated rings. The number of para-hydroxylation sites is 1. The molecule has 2 amide bonds. The summed E-state index contributed by atoms with van der Waals surface area (Å²) < 4.78 is 5.00. The number of anilines is 2. The Kier molecular flexibility index (Phi) is 4.75. The van der Waals surface area contributed by atoms with E-state index in [1.54, 1.807) is 36.4 Å². The average molecular weight is 351 g/mol. The summed E-state index contributed by atoms with van der Waals surface area (Å²) in [6.45, 7) is 0. The van der Waals surface area contributed by atoms with Gasteiger partial charge in [-0.3, -0.25) is 19.7 Å². The number of hydrogen-bond acceptors (Lipinski definition) is 5. The summed E-state index contributed by atoms with van der Waals surface area (Å²) in [6.07, 6.45) is 1.40. The Morgan fingerprint density at radius 3 is 2.04 bits per heavy atom. The van der Waals surface area contributed by atoms with Crippen LogP contribution in [0.3, 0.4) is 0 Å². The predicted octanol–water partition coefficient (Wildman–Crippen LogP) is 3.69. The smallest absolute Gasteiger partial charge is 0.291 e. The van der Waals surface area contributed by atoms with Crippen molar-refractivity contribution in [3.63, 3.8) is 0 Å². The molecule has 0 atom stereocenters. The van der Waals surface area contributed by atoms with Crippen LogP contribution >= 0.6 is 0 Å². The van der Waals surface area contributed by atoms with Gasteiger partial charge in [0.25, 0.3) is 17.5 Å². The minimum Gasteiger partial charge on any atom is -0.459 e. The number of amides is 2. The molecule has 0 spiro atoms. The van der Waals surface area contributed by atoms with E-state index in [1.807, 2.05) is 0 Å². The molecule has 8 nitrogen and oxygen atoms in total. The molecular weight excluding hydrogens is 338 g/mol. The van der Waals surface area contributed by atoms with Crippen LogP contribution in [0.2, 0.25) is 0 Å². The quantitative estimate of drug-likeness (QED) is 0.537. The topological polar surface area (TPSA) is 114 Å². The molecule has 26 heavy (non-hydrogen) atoms. The van der Waals surface area contributed by atoms with Gasteiger partial charge in [0.2, 0.25) is 0 Å². The van der Waals surface area contributed by atoms with Gasteiger partial charge < -0.3 is 15.1 Å². The van der Waals surface area contributed by atoms with E-state index in [4.69, 9.17) is 4.42 Å². The molecule has 0 bridgehead atoms. The Morgan fingerprint density at radius 1 is 0.846 bits per heavy atom. The molecule has 0 radical (unpaired) electrons. The second-order valence-corrected chi connectivity index (χ2v) is 5.24. The zero-order chi connectivity index (χ0) is 18.5. The fourth-order valence-electron chi connectivity index (χ4n) is 2.26. The minimum absolute atomic E-state index is 0.0345. The Morgan fingerprint density at radius 2 is 1.46 bits per heavy atom. The van der Waals surface area contributed by atoms with Crippen LogP contribution in [0.5, 0.6) is 0 Å². The second-order valence-electron chi connectivity index (χ2n) is 5.24. The number of nitro groups is 1. The van der Waals surface area contributed by atoms with Crippen molar-refractivity contribution in [3.05, 3.63) is 88.4 Å². The van der Waals surface area contributed by atoms with Gasteiger partial charge >= 0.3 is 0 Å². The maximum absolute atomic E-state index is 12.3. The molecule has 0 saturated carbocycles. The van der Waals surface area contributed by atoms with E-state index in [-0.39, 0.29) is 17.0 Å². The molecule has 3 rings (SSSR count). The summed E-state index contributed by atoms with van der Waals surface area (Å²) in [5.74, 6) is -0.810. The number of carbonyl (C=O) groups is 2. The van der Waals surface area contributed by atoms with Crippen molar-refractivity contribution >= 4 is 28.9 Å². The largest absolute Gasteiger partial charge is 0.459 e. The van der Waals surface area contributed by atoms with Crippen LogP contribution < -0.4 is 10.6 Å². The van der Waals surface area contributed by atoms with Crippen LogP contribution in [0, 0.1) is 10.1 Å². The number of nitrogens with zero attached hydrogens (tertiary/aromatic N) is 1. The summed E-state index contributed by atoms with van der Waals surface area (Å²) in [5, 5.41) is 16.2. The number of hydrogen-bond donors (Lipinski definition) is 2. The van der Waals surface area contributed by atoms with E-state index in [1.165, 1.54) is 30.5 Å². The van der Waals surface area contributed by atoms with Gasteiger partial charge in [-0.05, 0) is 42.5 Å². The van der Waals surface area contributed by atoms with Crippen molar-refractivity contribution < 1.29 is 18.9 Å². The van der Waals surface area contributed by atoms with Crippen LogP contribution in [0.1, 0.15) is 20.9 Å². The zero-order valence-corrected chi connectivity index (χ0v) is 13.3. The lowest BCUT2D eigenvalue weighted by atomic mass is 10.1. The third-order valence-corrected chi connectivity index (χ3v) is 3.49. The lowest BCUT2D eigenvalue weighted by Gasteiger charge is -2.07. The number of nitrogens with one attached hydrogen (secondary N) is 2. The summed E-state index contributed by atoms with van der Waals surface area (Å²) in [7, 11) is 0. The van der Waals surface area contributed by atoms with Crippen LogP contribution in [0.25, 0.3) is 0 Å². The van der Waals surface area contributed by atoms with Gasteiger partial charge in [-0.2, -0.15) is 0 Å². The molecule has 130 valence electrons. The predicted molar refractivity (Wildman–Crippen MR) is 94.2 cm³/mol. The van der Waals surface area contributed by atoms with Crippen molar-refractivity contribution in [2.45, 2.75) is 0 Å². The monoisotopic (exact) mass is 351 g/mol. The molecule has 0 aliphatic carbocycles. The van der Waals surface area contributed by atoms with Gasteiger partial charge in [-0.1, -0.05) is 12.1 Å². The lowest BCUT2D eigenvalue weighted by molar-refractivity contribution is -0.385. The maximum atomic E-state index is 12.3. The Balaban J connectivity index is 1.69. The molecule has 2 aromatic carbocycles. The van der Waals surface area contributed by atoms with Crippen LogP contribution in [-0.2, 0) is 0 Å². The van der Waals surface area contributed by atoms with E-state index in [2.05, 4.69) is 10.6 Å². The average Bonchev–Trinajstić information content (AvgIpc) is 3.18. The molecule has 0 saturated heterocycles. The molecule has 2 N–H and O–H groups in total. The van der Waals surface area contributed by atoms with Gasteiger partial charge in [0, 0.05) is 17.4 Å². The zero-order valence-electron chi connectivity index (χ0n) is 13.3. The number of benzene rings is 2. The highest BCUT2D eigenvalue weighted by Crippen LogP contribution is 2.20. The summed E-state index contributed by atoms with van der Waals surface area (Å²) in [5.41, 5.74) is 0.638. The summed E-state index contributed by atoms with van der Waals surface area (Å²) >= 11 is 0. The first-order valence-electron chi connectivity index (χ1n) is 7.54. The van der Waals surface area contributed by atoms with Crippen LogP contribution in [-0.4, -0.2) is 16.7 Å². The third-order valence-electron chi connectivity index (χ3n) is 3.49. The molecule has 1 heterocycles. The first kappa shape index (κ1) is 16.9.